The molecular weight excluding hydrogens is 318 g/mol. The number of hydrogen-bond acceptors (Lipinski definition) is 4. The largest absolute Gasteiger partial charge is 0.508 e. The molecule has 0 saturated heterocycles. The number of carbonyl (C=O) groups is 1. The highest BCUT2D eigenvalue weighted by atomic mass is 32.2. The molecule has 2 aromatic rings. The number of aromatic hydroxyl groups is 1. The van der Waals surface area contributed by atoms with Gasteiger partial charge in [-0.25, -0.2) is 17.9 Å². The van der Waals surface area contributed by atoms with Crippen molar-refractivity contribution in [2.45, 2.75) is 24.8 Å². The zero-order valence-corrected chi connectivity index (χ0v) is 13.5. The number of aromatic carboxylic acids is 1. The van der Waals surface area contributed by atoms with Crippen molar-refractivity contribution in [1.29, 1.82) is 0 Å². The maximum absolute atomic E-state index is 12.3. The van der Waals surface area contributed by atoms with Gasteiger partial charge in [0.1, 0.15) is 5.75 Å². The van der Waals surface area contributed by atoms with Gasteiger partial charge < -0.3 is 10.2 Å². The van der Waals surface area contributed by atoms with Crippen LogP contribution in [0.2, 0.25) is 0 Å². The van der Waals surface area contributed by atoms with Gasteiger partial charge in [-0.2, -0.15) is 0 Å². The van der Waals surface area contributed by atoms with E-state index in [1.807, 2.05) is 0 Å². The van der Waals surface area contributed by atoms with Gasteiger partial charge in [-0.05, 0) is 55.3 Å². The molecule has 7 heteroatoms. The molecule has 0 aliphatic carbocycles. The molecule has 3 N–H and O–H groups in total. The van der Waals surface area contributed by atoms with E-state index in [1.54, 1.807) is 26.0 Å². The van der Waals surface area contributed by atoms with Crippen molar-refractivity contribution in [2.75, 3.05) is 0 Å². The lowest BCUT2D eigenvalue weighted by molar-refractivity contribution is 0.0696. The van der Waals surface area contributed by atoms with E-state index in [0.717, 1.165) is 6.07 Å². The number of hydrogen-bond donors (Lipinski definition) is 3. The summed E-state index contributed by atoms with van der Waals surface area (Å²) in [6, 6.07) is 9.70. The fraction of sp³-hybridized carbons (Fsp3) is 0.188. The van der Waals surface area contributed by atoms with E-state index >= 15 is 0 Å². The summed E-state index contributed by atoms with van der Waals surface area (Å²) < 4.78 is 27.1. The van der Waals surface area contributed by atoms with Gasteiger partial charge in [-0.3, -0.25) is 0 Å². The van der Waals surface area contributed by atoms with Gasteiger partial charge in [0.25, 0.3) is 0 Å². The van der Waals surface area contributed by atoms with Gasteiger partial charge in [-0.15, -0.1) is 0 Å². The zero-order chi connectivity index (χ0) is 17.2. The number of rotatable bonds is 5. The molecule has 2 aromatic carbocycles. The van der Waals surface area contributed by atoms with Crippen LogP contribution in [-0.2, 0) is 10.0 Å². The Hall–Kier alpha value is -2.38. The zero-order valence-electron chi connectivity index (χ0n) is 12.6. The van der Waals surface area contributed by atoms with Crippen LogP contribution in [0.1, 0.15) is 24.2 Å². The van der Waals surface area contributed by atoms with Gasteiger partial charge >= 0.3 is 5.97 Å². The molecule has 0 aromatic heterocycles. The maximum Gasteiger partial charge on any atom is 0.335 e. The number of sulfonamides is 1. The highest BCUT2D eigenvalue weighted by Gasteiger charge is 2.19. The summed E-state index contributed by atoms with van der Waals surface area (Å²) in [7, 11) is -3.83. The Morgan fingerprint density at radius 2 is 1.78 bits per heavy atom. The number of phenols is 1. The van der Waals surface area contributed by atoms with Crippen LogP contribution in [0, 0.1) is 0 Å². The summed E-state index contributed by atoms with van der Waals surface area (Å²) in [5, 5.41) is 18.8. The van der Waals surface area contributed by atoms with Crippen LogP contribution >= 0.6 is 0 Å². The number of carboxylic acid groups (broad SMARTS) is 1. The summed E-state index contributed by atoms with van der Waals surface area (Å²) in [6.45, 7) is 3.35. The smallest absolute Gasteiger partial charge is 0.335 e. The molecule has 0 amide bonds. The van der Waals surface area contributed by atoms with Crippen LogP contribution in [0.15, 0.2) is 47.4 Å². The Balaban J connectivity index is 2.63. The first kappa shape index (κ1) is 17.0. The SMILES string of the molecule is CC(C)NS(=O)(=O)c1cc(C(=O)O)cc(-c2cccc(O)c2)c1. The first-order valence-electron chi connectivity index (χ1n) is 6.89. The van der Waals surface area contributed by atoms with E-state index in [4.69, 9.17) is 0 Å². The van der Waals surface area contributed by atoms with E-state index in [1.165, 1.54) is 24.3 Å². The first-order valence-corrected chi connectivity index (χ1v) is 8.37. The Labute approximate surface area is 134 Å². The Morgan fingerprint density at radius 1 is 1.09 bits per heavy atom. The number of benzene rings is 2. The molecule has 23 heavy (non-hydrogen) atoms. The summed E-state index contributed by atoms with van der Waals surface area (Å²) >= 11 is 0. The van der Waals surface area contributed by atoms with Gasteiger partial charge in [0.2, 0.25) is 10.0 Å². The molecule has 0 radical (unpaired) electrons. The van der Waals surface area contributed by atoms with E-state index in [-0.39, 0.29) is 22.3 Å². The highest BCUT2D eigenvalue weighted by Crippen LogP contribution is 2.27. The van der Waals surface area contributed by atoms with Gasteiger partial charge in [0, 0.05) is 6.04 Å². The fourth-order valence-corrected chi connectivity index (χ4v) is 3.43. The van der Waals surface area contributed by atoms with Crippen molar-refractivity contribution in [3.05, 3.63) is 48.0 Å². The second-order valence-corrected chi connectivity index (χ2v) is 7.09. The second kappa shape index (κ2) is 6.39. The van der Waals surface area contributed by atoms with Crippen LogP contribution in [0.25, 0.3) is 11.1 Å². The predicted octanol–water partition coefficient (Wildman–Crippen LogP) is 2.44. The molecule has 0 aliphatic rings. The monoisotopic (exact) mass is 335 g/mol. The lowest BCUT2D eigenvalue weighted by Gasteiger charge is -2.12. The van der Waals surface area contributed by atoms with E-state index < -0.39 is 16.0 Å². The summed E-state index contributed by atoms with van der Waals surface area (Å²) in [4.78, 5) is 11.2. The van der Waals surface area contributed by atoms with Crippen LogP contribution in [-0.4, -0.2) is 30.6 Å². The second-order valence-electron chi connectivity index (χ2n) is 5.38. The van der Waals surface area contributed by atoms with Crippen molar-refractivity contribution >= 4 is 16.0 Å². The normalized spacial score (nSPS) is 11.6. The summed E-state index contributed by atoms with van der Waals surface area (Å²) in [6.07, 6.45) is 0. The molecular formula is C16H17NO5S. The van der Waals surface area contributed by atoms with Crippen molar-refractivity contribution in [3.8, 4) is 16.9 Å². The third kappa shape index (κ3) is 4.08. The Bertz CT molecular complexity index is 843. The molecule has 122 valence electrons. The van der Waals surface area contributed by atoms with Crippen LogP contribution < -0.4 is 4.72 Å². The number of phenolic OH excluding ortho intramolecular Hbond substituents is 1. The minimum absolute atomic E-state index is 0.00735. The minimum atomic E-state index is -3.83. The van der Waals surface area contributed by atoms with Gasteiger partial charge in [-0.1, -0.05) is 12.1 Å². The van der Waals surface area contributed by atoms with Gasteiger partial charge in [0.15, 0.2) is 0 Å². The molecule has 0 spiro atoms. The lowest BCUT2D eigenvalue weighted by Crippen LogP contribution is -2.30. The van der Waals surface area contributed by atoms with Crippen LogP contribution in [0.4, 0.5) is 0 Å². The van der Waals surface area contributed by atoms with Crippen LogP contribution in [0.3, 0.4) is 0 Å². The summed E-state index contributed by atoms with van der Waals surface area (Å²) in [5.41, 5.74) is 0.772. The van der Waals surface area contributed by atoms with Crippen molar-refractivity contribution in [1.82, 2.24) is 4.72 Å². The van der Waals surface area contributed by atoms with E-state index in [0.29, 0.717) is 11.1 Å². The standard InChI is InChI=1S/C16H17NO5S/c1-10(2)17-23(21,22)15-8-12(6-13(9-15)16(19)20)11-4-3-5-14(18)7-11/h3-10,17-18H,1-2H3,(H,19,20). The molecule has 0 bridgehead atoms. The predicted molar refractivity (Wildman–Crippen MR) is 86.0 cm³/mol. The van der Waals surface area contributed by atoms with E-state index in [9.17, 15) is 23.4 Å². The molecule has 2 rings (SSSR count). The minimum Gasteiger partial charge on any atom is -0.508 e. The van der Waals surface area contributed by atoms with Gasteiger partial charge in [0.05, 0.1) is 10.5 Å². The fourth-order valence-electron chi connectivity index (χ4n) is 2.11. The lowest BCUT2D eigenvalue weighted by atomic mass is 10.0. The van der Waals surface area contributed by atoms with Crippen LogP contribution in [0.5, 0.6) is 5.75 Å². The average molecular weight is 335 g/mol. The quantitative estimate of drug-likeness (QED) is 0.778. The number of carboxylic acids is 1. The molecule has 0 atom stereocenters. The van der Waals surface area contributed by atoms with E-state index in [2.05, 4.69) is 4.72 Å². The Kier molecular flexibility index (Phi) is 4.72. The molecule has 0 fully saturated rings. The molecule has 0 heterocycles. The molecule has 6 nitrogen and oxygen atoms in total. The molecule has 0 aliphatic heterocycles. The van der Waals surface area contributed by atoms with Crippen molar-refractivity contribution < 1.29 is 23.4 Å². The number of nitrogens with one attached hydrogen (secondary N) is 1. The first-order chi connectivity index (χ1) is 10.7. The van der Waals surface area contributed by atoms with Crippen molar-refractivity contribution in [2.24, 2.45) is 0 Å². The third-order valence-electron chi connectivity index (χ3n) is 3.03. The highest BCUT2D eigenvalue weighted by molar-refractivity contribution is 7.89. The third-order valence-corrected chi connectivity index (χ3v) is 4.67. The maximum atomic E-state index is 12.3. The average Bonchev–Trinajstić information content (AvgIpc) is 2.45. The Morgan fingerprint density at radius 3 is 2.35 bits per heavy atom. The summed E-state index contributed by atoms with van der Waals surface area (Å²) in [5.74, 6) is -1.22. The molecule has 0 saturated carbocycles. The van der Waals surface area contributed by atoms with Crippen molar-refractivity contribution in [3.63, 3.8) is 0 Å². The molecule has 0 unspecified atom stereocenters. The topological polar surface area (TPSA) is 104 Å².